The first-order chi connectivity index (χ1) is 10.2. The van der Waals surface area contributed by atoms with E-state index in [0.717, 1.165) is 15.8 Å². The molecule has 3 aromatic rings. The van der Waals surface area contributed by atoms with E-state index in [1.54, 1.807) is 6.20 Å². The summed E-state index contributed by atoms with van der Waals surface area (Å²) < 4.78 is 12.8. The highest BCUT2D eigenvalue weighted by atomic mass is 32.2. The number of aromatic nitrogens is 2. The number of ketones is 1. The number of hydrogen-bond acceptors (Lipinski definition) is 4. The molecule has 0 aliphatic rings. The molecule has 1 aromatic heterocycles. The Balaban J connectivity index is 1.77. The van der Waals surface area contributed by atoms with Gasteiger partial charge in [0.15, 0.2) is 5.78 Å². The average molecular weight is 298 g/mol. The van der Waals surface area contributed by atoms with E-state index in [9.17, 15) is 9.18 Å². The van der Waals surface area contributed by atoms with Crippen molar-refractivity contribution in [2.75, 3.05) is 5.75 Å². The fourth-order valence-corrected chi connectivity index (χ4v) is 2.84. The first-order valence-corrected chi connectivity index (χ1v) is 7.34. The summed E-state index contributed by atoms with van der Waals surface area (Å²) in [6.07, 6.45) is 1.70. The first-order valence-electron chi connectivity index (χ1n) is 6.36. The molecule has 0 atom stereocenters. The second kappa shape index (κ2) is 6.01. The Kier molecular flexibility index (Phi) is 3.92. The van der Waals surface area contributed by atoms with Crippen LogP contribution in [0.1, 0.15) is 10.4 Å². The Bertz CT molecular complexity index is 784. The lowest BCUT2D eigenvalue weighted by Crippen LogP contribution is -2.03. The van der Waals surface area contributed by atoms with Gasteiger partial charge >= 0.3 is 0 Å². The highest BCUT2D eigenvalue weighted by Crippen LogP contribution is 2.25. The SMILES string of the molecule is O=C(CSc1nncc2ccccc12)c1ccc(F)cc1. The van der Waals surface area contributed by atoms with E-state index < -0.39 is 0 Å². The summed E-state index contributed by atoms with van der Waals surface area (Å²) in [7, 11) is 0. The molecule has 3 rings (SSSR count). The average Bonchev–Trinajstić information content (AvgIpc) is 2.53. The smallest absolute Gasteiger partial charge is 0.173 e. The van der Waals surface area contributed by atoms with Crippen molar-refractivity contribution in [2.24, 2.45) is 0 Å². The predicted octanol–water partition coefficient (Wildman–Crippen LogP) is 3.74. The number of carbonyl (C=O) groups excluding carboxylic acids is 1. The Morgan fingerprint density at radius 2 is 1.86 bits per heavy atom. The number of Topliss-reactive ketones (excluding diaryl/α,β-unsaturated/α-hetero) is 1. The van der Waals surface area contributed by atoms with Crippen LogP contribution >= 0.6 is 11.8 Å². The number of benzene rings is 2. The van der Waals surface area contributed by atoms with E-state index in [-0.39, 0.29) is 17.4 Å². The minimum Gasteiger partial charge on any atom is -0.293 e. The van der Waals surface area contributed by atoms with Gasteiger partial charge in [0.05, 0.1) is 11.9 Å². The third kappa shape index (κ3) is 3.08. The summed E-state index contributed by atoms with van der Waals surface area (Å²) in [5, 5.41) is 10.7. The van der Waals surface area contributed by atoms with E-state index in [2.05, 4.69) is 10.2 Å². The van der Waals surface area contributed by atoms with Gasteiger partial charge in [-0.25, -0.2) is 4.39 Å². The van der Waals surface area contributed by atoms with Crippen LogP contribution in [0.3, 0.4) is 0 Å². The first kappa shape index (κ1) is 13.7. The summed E-state index contributed by atoms with van der Waals surface area (Å²) in [6.45, 7) is 0. The summed E-state index contributed by atoms with van der Waals surface area (Å²) in [5.41, 5.74) is 0.497. The molecule has 104 valence electrons. The predicted molar refractivity (Wildman–Crippen MR) is 81.0 cm³/mol. The third-order valence-electron chi connectivity index (χ3n) is 3.04. The van der Waals surface area contributed by atoms with Crippen LogP contribution in [-0.2, 0) is 0 Å². The molecule has 0 aliphatic heterocycles. The maximum atomic E-state index is 12.8. The van der Waals surface area contributed by atoms with Crippen molar-refractivity contribution >= 4 is 28.3 Å². The third-order valence-corrected chi connectivity index (χ3v) is 4.02. The van der Waals surface area contributed by atoms with Gasteiger partial charge in [-0.05, 0) is 24.3 Å². The summed E-state index contributed by atoms with van der Waals surface area (Å²) in [4.78, 5) is 12.1. The van der Waals surface area contributed by atoms with E-state index in [4.69, 9.17) is 0 Å². The molecule has 1 heterocycles. The summed E-state index contributed by atoms with van der Waals surface area (Å²) in [6, 6.07) is 13.3. The highest BCUT2D eigenvalue weighted by molar-refractivity contribution is 8.00. The number of halogens is 1. The van der Waals surface area contributed by atoms with Crippen LogP contribution < -0.4 is 0 Å². The Labute approximate surface area is 125 Å². The van der Waals surface area contributed by atoms with Crippen molar-refractivity contribution in [3.63, 3.8) is 0 Å². The molecule has 0 spiro atoms. The molecule has 0 N–H and O–H groups in total. The summed E-state index contributed by atoms with van der Waals surface area (Å²) in [5.74, 6) is -0.164. The van der Waals surface area contributed by atoms with Gasteiger partial charge in [-0.3, -0.25) is 4.79 Å². The molecule has 5 heteroatoms. The fourth-order valence-electron chi connectivity index (χ4n) is 1.96. The minimum atomic E-state index is -0.348. The van der Waals surface area contributed by atoms with Crippen LogP contribution in [0.5, 0.6) is 0 Å². The molecule has 0 amide bonds. The quantitative estimate of drug-likeness (QED) is 0.543. The van der Waals surface area contributed by atoms with Crippen molar-refractivity contribution in [3.8, 4) is 0 Å². The van der Waals surface area contributed by atoms with Crippen molar-refractivity contribution in [2.45, 2.75) is 5.03 Å². The zero-order valence-electron chi connectivity index (χ0n) is 11.0. The minimum absolute atomic E-state index is 0.0604. The van der Waals surface area contributed by atoms with Gasteiger partial charge in [-0.2, -0.15) is 5.10 Å². The van der Waals surface area contributed by atoms with Crippen molar-refractivity contribution in [1.29, 1.82) is 0 Å². The second-order valence-electron chi connectivity index (χ2n) is 4.46. The summed E-state index contributed by atoms with van der Waals surface area (Å²) >= 11 is 1.34. The monoisotopic (exact) mass is 298 g/mol. The van der Waals surface area contributed by atoms with E-state index in [0.29, 0.717) is 5.56 Å². The van der Waals surface area contributed by atoms with Gasteiger partial charge in [0.2, 0.25) is 0 Å². The van der Waals surface area contributed by atoms with Crippen LogP contribution in [0.25, 0.3) is 10.8 Å². The molecule has 0 fully saturated rings. The topological polar surface area (TPSA) is 42.9 Å². The Hall–Kier alpha value is -2.27. The fraction of sp³-hybridized carbons (Fsp3) is 0.0625. The molecule has 0 saturated carbocycles. The number of carbonyl (C=O) groups is 1. The molecule has 0 saturated heterocycles. The van der Waals surface area contributed by atoms with Crippen LogP contribution in [0.2, 0.25) is 0 Å². The van der Waals surface area contributed by atoms with Gasteiger partial charge in [0.25, 0.3) is 0 Å². The normalized spacial score (nSPS) is 10.7. The lowest BCUT2D eigenvalue weighted by atomic mass is 10.1. The maximum absolute atomic E-state index is 12.8. The standard InChI is InChI=1S/C16H11FN2OS/c17-13-7-5-11(6-8-13)15(20)10-21-16-14-4-2-1-3-12(14)9-18-19-16/h1-9H,10H2. The Morgan fingerprint density at radius 3 is 2.67 bits per heavy atom. The van der Waals surface area contributed by atoms with Crippen LogP contribution in [-0.4, -0.2) is 21.7 Å². The van der Waals surface area contributed by atoms with Gasteiger partial charge in [-0.15, -0.1) is 5.10 Å². The number of fused-ring (bicyclic) bond motifs is 1. The van der Waals surface area contributed by atoms with Crippen LogP contribution in [0, 0.1) is 5.82 Å². The molecular weight excluding hydrogens is 287 g/mol. The molecule has 0 aliphatic carbocycles. The van der Waals surface area contributed by atoms with Crippen LogP contribution in [0.15, 0.2) is 59.8 Å². The molecular formula is C16H11FN2OS. The lowest BCUT2D eigenvalue weighted by molar-refractivity contribution is 0.102. The van der Waals surface area contributed by atoms with E-state index in [1.165, 1.54) is 36.0 Å². The molecule has 21 heavy (non-hydrogen) atoms. The zero-order valence-corrected chi connectivity index (χ0v) is 11.8. The number of rotatable bonds is 4. The van der Waals surface area contributed by atoms with Gasteiger partial charge in [-0.1, -0.05) is 36.0 Å². The van der Waals surface area contributed by atoms with E-state index in [1.807, 2.05) is 24.3 Å². The zero-order chi connectivity index (χ0) is 14.7. The second-order valence-corrected chi connectivity index (χ2v) is 5.42. The number of thioether (sulfide) groups is 1. The van der Waals surface area contributed by atoms with Gasteiger partial charge < -0.3 is 0 Å². The van der Waals surface area contributed by atoms with E-state index >= 15 is 0 Å². The van der Waals surface area contributed by atoms with Crippen LogP contribution in [0.4, 0.5) is 4.39 Å². The molecule has 2 aromatic carbocycles. The number of nitrogens with zero attached hydrogens (tertiary/aromatic N) is 2. The molecule has 3 nitrogen and oxygen atoms in total. The van der Waals surface area contributed by atoms with Crippen molar-refractivity contribution < 1.29 is 9.18 Å². The van der Waals surface area contributed by atoms with Crippen molar-refractivity contribution in [1.82, 2.24) is 10.2 Å². The highest BCUT2D eigenvalue weighted by Gasteiger charge is 2.09. The maximum Gasteiger partial charge on any atom is 0.173 e. The molecule has 0 bridgehead atoms. The largest absolute Gasteiger partial charge is 0.293 e. The van der Waals surface area contributed by atoms with Crippen molar-refractivity contribution in [3.05, 3.63) is 66.1 Å². The molecule has 0 radical (unpaired) electrons. The number of hydrogen-bond donors (Lipinski definition) is 0. The Morgan fingerprint density at radius 1 is 1.10 bits per heavy atom. The van der Waals surface area contributed by atoms with Gasteiger partial charge in [0.1, 0.15) is 10.8 Å². The lowest BCUT2D eigenvalue weighted by Gasteiger charge is -2.04. The molecule has 0 unspecified atom stereocenters. The van der Waals surface area contributed by atoms with Gasteiger partial charge in [0, 0.05) is 16.3 Å².